The van der Waals surface area contributed by atoms with Crippen molar-refractivity contribution in [3.05, 3.63) is 23.5 Å². The van der Waals surface area contributed by atoms with E-state index in [2.05, 4.69) is 20.5 Å². The van der Waals surface area contributed by atoms with Crippen LogP contribution in [-0.4, -0.2) is 84.1 Å². The molecule has 0 saturated carbocycles. The number of likely N-dealkylation sites (tertiary alicyclic amines) is 1. The number of aryl methyl sites for hydroxylation is 1. The number of nitrogens with zero attached hydrogens (tertiary/aromatic N) is 3. The van der Waals surface area contributed by atoms with Crippen molar-refractivity contribution in [2.45, 2.75) is 65.5 Å². The van der Waals surface area contributed by atoms with Crippen molar-refractivity contribution >= 4 is 24.1 Å². The van der Waals surface area contributed by atoms with E-state index in [0.29, 0.717) is 63.4 Å². The smallest absolute Gasteiger partial charge is 0.410 e. The monoisotopic (exact) mass is 478 g/mol. The van der Waals surface area contributed by atoms with E-state index in [1.165, 1.54) is 6.20 Å². The predicted octanol–water partition coefficient (Wildman–Crippen LogP) is 2.18. The van der Waals surface area contributed by atoms with Gasteiger partial charge in [-0.05, 0) is 59.2 Å². The standard InChI is InChI=1S/C22H36N6O4.C2H6/c1-16-12-17(23)13-25-18(16)19(30)24-8-11-27(5)14-22(26-15-29)6-9-28(10-7-22)20(31)32-21(2,3)4;1-2/h12-13,15H,6-11,14,23H2,1-5H3,(H,24,30)(H,26,29);1-2H3. The molecule has 0 atom stereocenters. The number of nitrogens with two attached hydrogens (primary N) is 1. The Morgan fingerprint density at radius 1 is 1.29 bits per heavy atom. The number of aromatic nitrogens is 1. The second-order valence-electron chi connectivity index (χ2n) is 9.44. The lowest BCUT2D eigenvalue weighted by Crippen LogP contribution is -2.59. The normalized spacial score (nSPS) is 15.1. The molecule has 4 N–H and O–H groups in total. The molecule has 192 valence electrons. The second-order valence-corrected chi connectivity index (χ2v) is 9.44. The molecule has 1 aliphatic heterocycles. The number of amides is 3. The fourth-order valence-electron chi connectivity index (χ4n) is 3.79. The number of anilines is 1. The molecule has 1 aliphatic rings. The van der Waals surface area contributed by atoms with Crippen LogP contribution in [0.1, 0.15) is 63.5 Å². The van der Waals surface area contributed by atoms with Gasteiger partial charge < -0.3 is 30.9 Å². The minimum atomic E-state index is -0.544. The summed E-state index contributed by atoms with van der Waals surface area (Å²) in [4.78, 5) is 43.8. The van der Waals surface area contributed by atoms with E-state index >= 15 is 0 Å². The molecule has 10 heteroatoms. The molecule has 0 bridgehead atoms. The first-order valence-electron chi connectivity index (χ1n) is 11.8. The van der Waals surface area contributed by atoms with E-state index in [4.69, 9.17) is 10.5 Å². The molecule has 0 radical (unpaired) electrons. The number of carbonyl (C=O) groups is 3. The Bertz CT molecular complexity index is 816. The highest BCUT2D eigenvalue weighted by Gasteiger charge is 2.37. The van der Waals surface area contributed by atoms with Gasteiger partial charge in [-0.1, -0.05) is 13.8 Å². The lowest BCUT2D eigenvalue weighted by molar-refractivity contribution is -0.112. The molecule has 3 amide bonds. The Hall–Kier alpha value is -2.88. The van der Waals surface area contributed by atoms with Gasteiger partial charge in [0.25, 0.3) is 5.91 Å². The summed E-state index contributed by atoms with van der Waals surface area (Å²) >= 11 is 0. The number of ether oxygens (including phenoxy) is 1. The third-order valence-corrected chi connectivity index (χ3v) is 5.40. The second kappa shape index (κ2) is 13.1. The highest BCUT2D eigenvalue weighted by Crippen LogP contribution is 2.24. The number of hydrogen-bond donors (Lipinski definition) is 3. The zero-order valence-corrected chi connectivity index (χ0v) is 21.7. The van der Waals surface area contributed by atoms with Crippen LogP contribution in [-0.2, 0) is 9.53 Å². The summed E-state index contributed by atoms with van der Waals surface area (Å²) in [6.45, 7) is 13.9. The predicted molar refractivity (Wildman–Crippen MR) is 134 cm³/mol. The first-order chi connectivity index (χ1) is 15.9. The summed E-state index contributed by atoms with van der Waals surface area (Å²) < 4.78 is 5.45. The lowest BCUT2D eigenvalue weighted by Gasteiger charge is -2.43. The average molecular weight is 479 g/mol. The van der Waals surface area contributed by atoms with Gasteiger partial charge in [-0.25, -0.2) is 9.78 Å². The van der Waals surface area contributed by atoms with Gasteiger partial charge in [0.1, 0.15) is 11.3 Å². The van der Waals surface area contributed by atoms with Crippen LogP contribution in [0, 0.1) is 6.92 Å². The molecule has 0 unspecified atom stereocenters. The van der Waals surface area contributed by atoms with Crippen LogP contribution in [0.4, 0.5) is 10.5 Å². The largest absolute Gasteiger partial charge is 0.444 e. The summed E-state index contributed by atoms with van der Waals surface area (Å²) in [6.07, 6.45) is 3.09. The van der Waals surface area contributed by atoms with Crippen LogP contribution in [0.3, 0.4) is 0 Å². The Kier molecular flexibility index (Phi) is 11.3. The van der Waals surface area contributed by atoms with Gasteiger partial charge in [0.05, 0.1) is 17.4 Å². The molecule has 0 aliphatic carbocycles. The van der Waals surface area contributed by atoms with Crippen LogP contribution in [0.25, 0.3) is 0 Å². The summed E-state index contributed by atoms with van der Waals surface area (Å²) in [5.74, 6) is -0.248. The molecule has 1 saturated heterocycles. The number of carbonyl (C=O) groups excluding carboxylic acids is 3. The number of piperidine rings is 1. The molecular formula is C24H42N6O4. The molecule has 0 spiro atoms. The summed E-state index contributed by atoms with van der Waals surface area (Å²) in [5.41, 5.74) is 6.30. The van der Waals surface area contributed by atoms with E-state index in [9.17, 15) is 14.4 Å². The number of rotatable bonds is 8. The van der Waals surface area contributed by atoms with Gasteiger partial charge in [0.2, 0.25) is 6.41 Å². The van der Waals surface area contributed by atoms with Crippen LogP contribution in [0.2, 0.25) is 0 Å². The van der Waals surface area contributed by atoms with Crippen LogP contribution in [0.15, 0.2) is 12.3 Å². The van der Waals surface area contributed by atoms with Gasteiger partial charge in [-0.2, -0.15) is 0 Å². The molecule has 34 heavy (non-hydrogen) atoms. The van der Waals surface area contributed by atoms with E-state index in [1.54, 1.807) is 17.9 Å². The fourth-order valence-corrected chi connectivity index (χ4v) is 3.79. The van der Waals surface area contributed by atoms with Crippen molar-refractivity contribution in [3.63, 3.8) is 0 Å². The van der Waals surface area contributed by atoms with Gasteiger partial charge >= 0.3 is 6.09 Å². The SMILES string of the molecule is CC.Cc1cc(N)cnc1C(=O)NCCN(C)CC1(NC=O)CCN(C(=O)OC(C)(C)C)CC1. The van der Waals surface area contributed by atoms with Gasteiger partial charge in [-0.3, -0.25) is 9.59 Å². The molecule has 1 aromatic heterocycles. The number of nitrogen functional groups attached to an aromatic ring is 1. The molecule has 1 fully saturated rings. The average Bonchev–Trinajstić information content (AvgIpc) is 2.74. The third-order valence-electron chi connectivity index (χ3n) is 5.40. The lowest BCUT2D eigenvalue weighted by atomic mass is 9.87. The zero-order valence-electron chi connectivity index (χ0n) is 21.7. The van der Waals surface area contributed by atoms with Crippen LogP contribution in [0.5, 0.6) is 0 Å². The van der Waals surface area contributed by atoms with Crippen molar-refractivity contribution in [3.8, 4) is 0 Å². The van der Waals surface area contributed by atoms with Gasteiger partial charge in [0.15, 0.2) is 0 Å². The minimum Gasteiger partial charge on any atom is -0.444 e. The van der Waals surface area contributed by atoms with Crippen molar-refractivity contribution < 1.29 is 19.1 Å². The number of nitrogens with one attached hydrogen (secondary N) is 2. The van der Waals surface area contributed by atoms with Gasteiger partial charge in [-0.15, -0.1) is 0 Å². The maximum absolute atomic E-state index is 12.4. The topological polar surface area (TPSA) is 130 Å². The Morgan fingerprint density at radius 3 is 2.44 bits per heavy atom. The van der Waals surface area contributed by atoms with Crippen molar-refractivity contribution in [1.82, 2.24) is 25.4 Å². The number of pyridine rings is 1. The summed E-state index contributed by atoms with van der Waals surface area (Å²) in [7, 11) is 1.94. The maximum Gasteiger partial charge on any atom is 0.410 e. The van der Waals surface area contributed by atoms with Crippen molar-refractivity contribution in [1.29, 1.82) is 0 Å². The zero-order chi connectivity index (χ0) is 25.9. The molecule has 2 heterocycles. The highest BCUT2D eigenvalue weighted by molar-refractivity contribution is 5.93. The summed E-state index contributed by atoms with van der Waals surface area (Å²) in [5, 5.41) is 5.84. The molecule has 1 aromatic rings. The maximum atomic E-state index is 12.4. The van der Waals surface area contributed by atoms with Crippen LogP contribution >= 0.6 is 0 Å². The Balaban J connectivity index is 0.00000281. The van der Waals surface area contributed by atoms with E-state index in [0.717, 1.165) is 5.56 Å². The molecule has 0 aromatic carbocycles. The fraction of sp³-hybridized carbons (Fsp3) is 0.667. The third kappa shape index (κ3) is 9.17. The number of hydrogen-bond acceptors (Lipinski definition) is 7. The Morgan fingerprint density at radius 2 is 1.91 bits per heavy atom. The van der Waals surface area contributed by atoms with Gasteiger partial charge in [0, 0.05) is 32.7 Å². The molecule has 10 nitrogen and oxygen atoms in total. The van der Waals surface area contributed by atoms with Crippen molar-refractivity contribution in [2.75, 3.05) is 45.5 Å². The Labute approximate surface area is 203 Å². The first kappa shape index (κ1) is 29.2. The minimum absolute atomic E-state index is 0.248. The van der Waals surface area contributed by atoms with E-state index in [-0.39, 0.29) is 12.0 Å². The summed E-state index contributed by atoms with van der Waals surface area (Å²) in [6, 6.07) is 1.71. The highest BCUT2D eigenvalue weighted by atomic mass is 16.6. The quantitative estimate of drug-likeness (QED) is 0.488. The molecule has 2 rings (SSSR count). The van der Waals surface area contributed by atoms with Crippen LogP contribution < -0.4 is 16.4 Å². The number of likely N-dealkylation sites (N-methyl/N-ethyl adjacent to an activating group) is 1. The van der Waals surface area contributed by atoms with E-state index < -0.39 is 11.1 Å². The van der Waals surface area contributed by atoms with Crippen molar-refractivity contribution in [2.24, 2.45) is 0 Å². The first-order valence-corrected chi connectivity index (χ1v) is 11.8. The molecular weight excluding hydrogens is 436 g/mol. The van der Waals surface area contributed by atoms with E-state index in [1.807, 2.05) is 41.7 Å².